The standard InChI is InChI=1S/C20H22FN3O2/c1-15-14-24(20(25)26-15)17-7-8-19(18(21)13-17)23-11-9-22(10-12-23)16-5-3-2-4-6-16/h2-8,13,15H,9-12,14H2,1H3/t15-/m1/s1. The molecule has 1 amide bonds. The molecule has 2 fully saturated rings. The third-order valence-electron chi connectivity index (χ3n) is 4.95. The van der Waals surface area contributed by atoms with E-state index in [-0.39, 0.29) is 11.9 Å². The molecular formula is C20H22FN3O2. The van der Waals surface area contributed by atoms with Gasteiger partial charge in [0.25, 0.3) is 0 Å². The van der Waals surface area contributed by atoms with Crippen LogP contribution in [0.3, 0.4) is 0 Å². The summed E-state index contributed by atoms with van der Waals surface area (Å²) in [5.74, 6) is -0.303. The second-order valence-corrected chi connectivity index (χ2v) is 6.75. The summed E-state index contributed by atoms with van der Waals surface area (Å²) in [6.45, 7) is 5.49. The Hall–Kier alpha value is -2.76. The number of carbonyl (C=O) groups is 1. The van der Waals surface area contributed by atoms with Gasteiger partial charge in [0.2, 0.25) is 0 Å². The Kier molecular flexibility index (Phi) is 4.41. The van der Waals surface area contributed by atoms with E-state index in [0.717, 1.165) is 26.2 Å². The van der Waals surface area contributed by atoms with Crippen molar-refractivity contribution in [1.82, 2.24) is 0 Å². The lowest BCUT2D eigenvalue weighted by atomic mass is 10.2. The Morgan fingerprint density at radius 2 is 1.65 bits per heavy atom. The maximum absolute atomic E-state index is 14.7. The van der Waals surface area contributed by atoms with Crippen molar-refractivity contribution in [1.29, 1.82) is 0 Å². The highest BCUT2D eigenvalue weighted by Gasteiger charge is 2.30. The number of benzene rings is 2. The summed E-state index contributed by atoms with van der Waals surface area (Å²) in [5, 5.41) is 0. The maximum atomic E-state index is 14.7. The molecule has 0 aromatic heterocycles. The number of cyclic esters (lactones) is 1. The minimum absolute atomic E-state index is 0.170. The number of rotatable bonds is 3. The zero-order valence-corrected chi connectivity index (χ0v) is 14.8. The zero-order valence-electron chi connectivity index (χ0n) is 14.8. The van der Waals surface area contributed by atoms with Gasteiger partial charge in [-0.2, -0.15) is 0 Å². The predicted molar refractivity (Wildman–Crippen MR) is 101 cm³/mol. The molecule has 4 rings (SSSR count). The fourth-order valence-corrected chi connectivity index (χ4v) is 3.58. The Morgan fingerprint density at radius 1 is 0.962 bits per heavy atom. The lowest BCUT2D eigenvalue weighted by molar-refractivity contribution is 0.150. The van der Waals surface area contributed by atoms with E-state index < -0.39 is 6.09 Å². The number of nitrogens with zero attached hydrogens (tertiary/aromatic N) is 3. The molecule has 0 bridgehead atoms. The summed E-state index contributed by atoms with van der Waals surface area (Å²) < 4.78 is 19.8. The number of halogens is 1. The van der Waals surface area contributed by atoms with Crippen molar-refractivity contribution in [3.63, 3.8) is 0 Å². The fraction of sp³-hybridized carbons (Fsp3) is 0.350. The third kappa shape index (κ3) is 3.19. The summed E-state index contributed by atoms with van der Waals surface area (Å²) in [4.78, 5) is 17.7. The second-order valence-electron chi connectivity index (χ2n) is 6.75. The van der Waals surface area contributed by atoms with E-state index in [4.69, 9.17) is 4.74 Å². The molecule has 0 unspecified atom stereocenters. The first-order valence-corrected chi connectivity index (χ1v) is 8.94. The molecule has 0 N–H and O–H groups in total. The Morgan fingerprint density at radius 3 is 2.27 bits per heavy atom. The van der Waals surface area contributed by atoms with Gasteiger partial charge in [-0.3, -0.25) is 4.90 Å². The molecule has 2 aliphatic rings. The highest BCUT2D eigenvalue weighted by Crippen LogP contribution is 2.29. The first-order valence-electron chi connectivity index (χ1n) is 8.94. The van der Waals surface area contributed by atoms with Crippen LogP contribution in [0.15, 0.2) is 48.5 Å². The van der Waals surface area contributed by atoms with Gasteiger partial charge in [0.05, 0.1) is 17.9 Å². The molecule has 2 aromatic carbocycles. The zero-order chi connectivity index (χ0) is 18.1. The molecule has 0 saturated carbocycles. The first kappa shape index (κ1) is 16.7. The summed E-state index contributed by atoms with van der Waals surface area (Å²) in [6.07, 6.45) is -0.586. The molecule has 2 saturated heterocycles. The van der Waals surface area contributed by atoms with E-state index >= 15 is 0 Å². The van der Waals surface area contributed by atoms with Crippen LogP contribution in [0.2, 0.25) is 0 Å². The maximum Gasteiger partial charge on any atom is 0.414 e. The number of piperazine rings is 1. The predicted octanol–water partition coefficient (Wildman–Crippen LogP) is 3.50. The van der Waals surface area contributed by atoms with Crippen molar-refractivity contribution in [2.75, 3.05) is 47.4 Å². The van der Waals surface area contributed by atoms with Gasteiger partial charge in [-0.15, -0.1) is 0 Å². The van der Waals surface area contributed by atoms with Gasteiger partial charge in [0.15, 0.2) is 0 Å². The van der Waals surface area contributed by atoms with Crippen LogP contribution in [0.4, 0.5) is 26.2 Å². The summed E-state index contributed by atoms with van der Waals surface area (Å²) in [7, 11) is 0. The average molecular weight is 355 g/mol. The van der Waals surface area contributed by atoms with Gasteiger partial charge >= 0.3 is 6.09 Å². The minimum Gasteiger partial charge on any atom is -0.444 e. The third-order valence-corrected chi connectivity index (χ3v) is 4.95. The van der Waals surface area contributed by atoms with Crippen LogP contribution >= 0.6 is 0 Å². The van der Waals surface area contributed by atoms with Gasteiger partial charge < -0.3 is 14.5 Å². The highest BCUT2D eigenvalue weighted by molar-refractivity contribution is 5.90. The van der Waals surface area contributed by atoms with Crippen LogP contribution in [0.25, 0.3) is 0 Å². The number of para-hydroxylation sites is 1. The molecule has 0 radical (unpaired) electrons. The smallest absolute Gasteiger partial charge is 0.414 e. The molecule has 26 heavy (non-hydrogen) atoms. The molecule has 1 atom stereocenters. The number of hydrogen-bond donors (Lipinski definition) is 0. The van der Waals surface area contributed by atoms with E-state index in [9.17, 15) is 9.18 Å². The normalized spacial score (nSPS) is 20.5. The van der Waals surface area contributed by atoms with Crippen molar-refractivity contribution in [3.8, 4) is 0 Å². The van der Waals surface area contributed by atoms with Crippen molar-refractivity contribution >= 4 is 23.2 Å². The molecule has 136 valence electrons. The van der Waals surface area contributed by atoms with Crippen LogP contribution in [-0.4, -0.2) is 44.9 Å². The van der Waals surface area contributed by atoms with E-state index in [2.05, 4.69) is 21.9 Å². The van der Waals surface area contributed by atoms with E-state index in [1.807, 2.05) is 25.1 Å². The first-order chi connectivity index (χ1) is 12.6. The van der Waals surface area contributed by atoms with Gasteiger partial charge in [0, 0.05) is 31.9 Å². The molecule has 6 heteroatoms. The van der Waals surface area contributed by atoms with Crippen molar-refractivity contribution in [2.24, 2.45) is 0 Å². The van der Waals surface area contributed by atoms with Crippen LogP contribution in [0, 0.1) is 5.82 Å². The van der Waals surface area contributed by atoms with E-state index in [1.54, 1.807) is 12.1 Å². The summed E-state index contributed by atoms with van der Waals surface area (Å²) in [6, 6.07) is 15.3. The van der Waals surface area contributed by atoms with Crippen LogP contribution in [0.5, 0.6) is 0 Å². The highest BCUT2D eigenvalue weighted by atomic mass is 19.1. The Bertz CT molecular complexity index is 791. The van der Waals surface area contributed by atoms with Gasteiger partial charge in [-0.05, 0) is 37.3 Å². The monoisotopic (exact) mass is 355 g/mol. The molecule has 2 aromatic rings. The number of carbonyl (C=O) groups excluding carboxylic acids is 1. The van der Waals surface area contributed by atoms with E-state index in [0.29, 0.717) is 17.9 Å². The van der Waals surface area contributed by atoms with Crippen molar-refractivity contribution < 1.29 is 13.9 Å². The van der Waals surface area contributed by atoms with Gasteiger partial charge in [-0.1, -0.05) is 18.2 Å². The minimum atomic E-state index is -0.416. The number of amides is 1. The quantitative estimate of drug-likeness (QED) is 0.844. The lowest BCUT2D eigenvalue weighted by Crippen LogP contribution is -2.46. The van der Waals surface area contributed by atoms with Gasteiger partial charge in [0.1, 0.15) is 11.9 Å². The molecule has 0 spiro atoms. The summed E-state index contributed by atoms with van der Waals surface area (Å²) in [5.41, 5.74) is 2.33. The Balaban J connectivity index is 1.45. The SMILES string of the molecule is C[C@@H]1CN(c2ccc(N3CCN(c4ccccc4)CC3)c(F)c2)C(=O)O1. The number of hydrogen-bond acceptors (Lipinski definition) is 4. The van der Waals surface area contributed by atoms with Crippen molar-refractivity contribution in [2.45, 2.75) is 13.0 Å². The number of ether oxygens (including phenoxy) is 1. The molecule has 5 nitrogen and oxygen atoms in total. The second kappa shape index (κ2) is 6.86. The van der Waals surface area contributed by atoms with Crippen LogP contribution < -0.4 is 14.7 Å². The van der Waals surface area contributed by atoms with Crippen LogP contribution in [0.1, 0.15) is 6.92 Å². The van der Waals surface area contributed by atoms with Gasteiger partial charge in [-0.25, -0.2) is 9.18 Å². The molecule has 0 aliphatic carbocycles. The molecule has 2 aliphatic heterocycles. The van der Waals surface area contributed by atoms with Crippen molar-refractivity contribution in [3.05, 3.63) is 54.3 Å². The molecule has 2 heterocycles. The fourth-order valence-electron chi connectivity index (χ4n) is 3.58. The molecular weight excluding hydrogens is 333 g/mol. The number of anilines is 3. The van der Waals surface area contributed by atoms with Crippen LogP contribution in [-0.2, 0) is 4.74 Å². The lowest BCUT2D eigenvalue weighted by Gasteiger charge is -2.37. The summed E-state index contributed by atoms with van der Waals surface area (Å²) >= 11 is 0. The van der Waals surface area contributed by atoms with E-state index in [1.165, 1.54) is 16.7 Å². The topological polar surface area (TPSA) is 36.0 Å². The Labute approximate surface area is 152 Å². The average Bonchev–Trinajstić information content (AvgIpc) is 3.01. The largest absolute Gasteiger partial charge is 0.444 e.